The molecule has 29 heavy (non-hydrogen) atoms. The summed E-state index contributed by atoms with van der Waals surface area (Å²) in [5, 5.41) is 2.88. The van der Waals surface area contributed by atoms with Crippen molar-refractivity contribution in [1.29, 1.82) is 0 Å². The Hall–Kier alpha value is -2.86. The highest BCUT2D eigenvalue weighted by Crippen LogP contribution is 2.20. The van der Waals surface area contributed by atoms with Gasteiger partial charge in [0.25, 0.3) is 5.91 Å². The molecule has 0 aliphatic rings. The standard InChI is InChI=1S/C23H26N2O3S/c1-16(2)25(23(26)18-8-6-9-20(12-18)27-4)13-19-15-29-22(24-19)14-28-21-10-5-7-17(3)11-21/h5-12,15-16H,13-14H2,1-4H3. The van der Waals surface area contributed by atoms with E-state index in [0.29, 0.717) is 24.5 Å². The number of methoxy groups -OCH3 is 1. The predicted octanol–water partition coefficient (Wildman–Crippen LogP) is 5.09. The molecule has 6 heteroatoms. The maximum Gasteiger partial charge on any atom is 0.254 e. The number of aryl methyl sites for hydroxylation is 1. The molecule has 152 valence electrons. The first-order valence-electron chi connectivity index (χ1n) is 9.54. The van der Waals surface area contributed by atoms with Crippen LogP contribution in [-0.4, -0.2) is 28.9 Å². The molecule has 0 bridgehead atoms. The summed E-state index contributed by atoms with van der Waals surface area (Å²) in [4.78, 5) is 19.5. The first kappa shape index (κ1) is 20.9. The summed E-state index contributed by atoms with van der Waals surface area (Å²) in [6, 6.07) is 15.2. The fourth-order valence-corrected chi connectivity index (χ4v) is 3.62. The zero-order valence-electron chi connectivity index (χ0n) is 17.2. The van der Waals surface area contributed by atoms with Crippen molar-refractivity contribution in [2.45, 2.75) is 40.0 Å². The number of benzene rings is 2. The molecule has 0 saturated heterocycles. The number of thiazole rings is 1. The SMILES string of the molecule is COc1cccc(C(=O)N(Cc2csc(COc3cccc(C)c3)n2)C(C)C)c1. The van der Waals surface area contributed by atoms with Gasteiger partial charge in [-0.3, -0.25) is 4.79 Å². The molecule has 0 radical (unpaired) electrons. The lowest BCUT2D eigenvalue weighted by atomic mass is 10.1. The predicted molar refractivity (Wildman–Crippen MR) is 116 cm³/mol. The summed E-state index contributed by atoms with van der Waals surface area (Å²) < 4.78 is 11.1. The molecule has 0 N–H and O–H groups in total. The average Bonchev–Trinajstić information content (AvgIpc) is 3.17. The van der Waals surface area contributed by atoms with Crippen molar-refractivity contribution in [3.8, 4) is 11.5 Å². The minimum atomic E-state index is -0.0375. The third kappa shape index (κ3) is 5.57. The zero-order chi connectivity index (χ0) is 20.8. The van der Waals surface area contributed by atoms with Gasteiger partial charge in [-0.25, -0.2) is 4.98 Å². The fraction of sp³-hybridized carbons (Fsp3) is 0.304. The van der Waals surface area contributed by atoms with E-state index in [0.717, 1.165) is 22.0 Å². The molecule has 1 heterocycles. The van der Waals surface area contributed by atoms with Crippen LogP contribution in [0, 0.1) is 6.92 Å². The fourth-order valence-electron chi connectivity index (χ4n) is 2.92. The second kappa shape index (κ2) is 9.56. The van der Waals surface area contributed by atoms with Crippen LogP contribution in [0.15, 0.2) is 53.9 Å². The van der Waals surface area contributed by atoms with Crippen molar-refractivity contribution in [3.05, 3.63) is 75.7 Å². The van der Waals surface area contributed by atoms with Crippen LogP contribution in [0.5, 0.6) is 11.5 Å². The van der Waals surface area contributed by atoms with Crippen LogP contribution in [0.2, 0.25) is 0 Å². The van der Waals surface area contributed by atoms with E-state index in [1.807, 2.05) is 73.5 Å². The lowest BCUT2D eigenvalue weighted by Crippen LogP contribution is -2.36. The number of rotatable bonds is 8. The van der Waals surface area contributed by atoms with Crippen LogP contribution in [0.25, 0.3) is 0 Å². The molecule has 2 aromatic carbocycles. The number of aromatic nitrogens is 1. The van der Waals surface area contributed by atoms with E-state index >= 15 is 0 Å². The van der Waals surface area contributed by atoms with E-state index in [-0.39, 0.29) is 11.9 Å². The maximum absolute atomic E-state index is 13.0. The molecule has 0 fully saturated rings. The van der Waals surface area contributed by atoms with E-state index in [1.54, 1.807) is 24.5 Å². The monoisotopic (exact) mass is 410 g/mol. The Bertz CT molecular complexity index is 968. The van der Waals surface area contributed by atoms with Gasteiger partial charge in [0.2, 0.25) is 0 Å². The number of carbonyl (C=O) groups excluding carboxylic acids is 1. The third-order valence-corrected chi connectivity index (χ3v) is 5.36. The van der Waals surface area contributed by atoms with Gasteiger partial charge < -0.3 is 14.4 Å². The van der Waals surface area contributed by atoms with E-state index in [2.05, 4.69) is 4.98 Å². The van der Waals surface area contributed by atoms with Gasteiger partial charge in [0.15, 0.2) is 0 Å². The number of ether oxygens (including phenoxy) is 2. The zero-order valence-corrected chi connectivity index (χ0v) is 18.0. The van der Waals surface area contributed by atoms with E-state index < -0.39 is 0 Å². The van der Waals surface area contributed by atoms with E-state index in [1.165, 1.54) is 0 Å². The van der Waals surface area contributed by atoms with Crippen LogP contribution < -0.4 is 9.47 Å². The van der Waals surface area contributed by atoms with Crippen molar-refractivity contribution in [2.75, 3.05) is 7.11 Å². The molecular weight excluding hydrogens is 384 g/mol. The Morgan fingerprint density at radius 3 is 2.62 bits per heavy atom. The van der Waals surface area contributed by atoms with Gasteiger partial charge in [0.1, 0.15) is 23.1 Å². The first-order chi connectivity index (χ1) is 14.0. The van der Waals surface area contributed by atoms with Crippen LogP contribution in [0.3, 0.4) is 0 Å². The Morgan fingerprint density at radius 2 is 1.90 bits per heavy atom. The molecular formula is C23H26N2O3S. The molecule has 1 amide bonds. The van der Waals surface area contributed by atoms with Gasteiger partial charge in [-0.15, -0.1) is 11.3 Å². The molecule has 0 aliphatic carbocycles. The minimum Gasteiger partial charge on any atom is -0.497 e. The van der Waals surface area contributed by atoms with Gasteiger partial charge in [-0.2, -0.15) is 0 Å². The summed E-state index contributed by atoms with van der Waals surface area (Å²) in [6.07, 6.45) is 0. The average molecular weight is 411 g/mol. The molecule has 0 spiro atoms. The van der Waals surface area contributed by atoms with Crippen LogP contribution in [0.4, 0.5) is 0 Å². The minimum absolute atomic E-state index is 0.0375. The van der Waals surface area contributed by atoms with Crippen LogP contribution >= 0.6 is 11.3 Å². The van der Waals surface area contributed by atoms with Crippen LogP contribution in [-0.2, 0) is 13.2 Å². The van der Waals surface area contributed by atoms with E-state index in [9.17, 15) is 4.79 Å². The molecule has 0 atom stereocenters. The summed E-state index contributed by atoms with van der Waals surface area (Å²) in [5.74, 6) is 1.46. The Balaban J connectivity index is 1.67. The van der Waals surface area contributed by atoms with Crippen molar-refractivity contribution < 1.29 is 14.3 Å². The second-order valence-corrected chi connectivity index (χ2v) is 8.04. The molecule has 3 rings (SSSR count). The molecule has 1 aromatic heterocycles. The summed E-state index contributed by atoms with van der Waals surface area (Å²) in [5.41, 5.74) is 2.63. The summed E-state index contributed by atoms with van der Waals surface area (Å²) in [6.45, 7) is 6.92. The van der Waals surface area contributed by atoms with Gasteiger partial charge >= 0.3 is 0 Å². The number of hydrogen-bond acceptors (Lipinski definition) is 5. The summed E-state index contributed by atoms with van der Waals surface area (Å²) in [7, 11) is 1.60. The first-order valence-corrected chi connectivity index (χ1v) is 10.4. The molecule has 0 aliphatic heterocycles. The van der Waals surface area contributed by atoms with Gasteiger partial charge in [0.05, 0.1) is 19.3 Å². The Morgan fingerprint density at radius 1 is 1.14 bits per heavy atom. The van der Waals surface area contributed by atoms with Crippen molar-refractivity contribution in [3.63, 3.8) is 0 Å². The molecule has 5 nitrogen and oxygen atoms in total. The Labute approximate surface area is 175 Å². The van der Waals surface area contributed by atoms with Crippen LogP contribution in [0.1, 0.15) is 40.5 Å². The lowest BCUT2D eigenvalue weighted by Gasteiger charge is -2.26. The second-order valence-electron chi connectivity index (χ2n) is 7.10. The van der Waals surface area contributed by atoms with E-state index in [4.69, 9.17) is 9.47 Å². The van der Waals surface area contributed by atoms with Gasteiger partial charge in [-0.1, -0.05) is 18.2 Å². The highest BCUT2D eigenvalue weighted by Gasteiger charge is 2.21. The maximum atomic E-state index is 13.0. The largest absolute Gasteiger partial charge is 0.497 e. The smallest absolute Gasteiger partial charge is 0.254 e. The topological polar surface area (TPSA) is 51.7 Å². The summed E-state index contributed by atoms with van der Waals surface area (Å²) >= 11 is 1.55. The molecule has 0 unspecified atom stereocenters. The molecule has 0 saturated carbocycles. The van der Waals surface area contributed by atoms with Crippen molar-refractivity contribution >= 4 is 17.2 Å². The normalized spacial score (nSPS) is 10.8. The number of amides is 1. The van der Waals surface area contributed by atoms with Crippen molar-refractivity contribution in [2.24, 2.45) is 0 Å². The number of hydrogen-bond donors (Lipinski definition) is 0. The quantitative estimate of drug-likeness (QED) is 0.519. The Kier molecular flexibility index (Phi) is 6.88. The van der Waals surface area contributed by atoms with Crippen molar-refractivity contribution in [1.82, 2.24) is 9.88 Å². The van der Waals surface area contributed by atoms with Gasteiger partial charge in [0, 0.05) is 17.0 Å². The molecule has 3 aromatic rings. The number of nitrogens with zero attached hydrogens (tertiary/aromatic N) is 2. The highest BCUT2D eigenvalue weighted by molar-refractivity contribution is 7.09. The highest BCUT2D eigenvalue weighted by atomic mass is 32.1. The third-order valence-electron chi connectivity index (χ3n) is 4.48. The lowest BCUT2D eigenvalue weighted by molar-refractivity contribution is 0.0687. The van der Waals surface area contributed by atoms with Gasteiger partial charge in [-0.05, 0) is 56.7 Å². The number of carbonyl (C=O) groups is 1.